The number of hydrogen-bond donors (Lipinski definition) is 1. The Morgan fingerprint density at radius 3 is 3.30 bits per heavy atom. The highest BCUT2D eigenvalue weighted by Gasteiger charge is 2.13. The van der Waals surface area contributed by atoms with Crippen LogP contribution in [0.5, 0.6) is 0 Å². The van der Waals surface area contributed by atoms with Crippen LogP contribution < -0.4 is 0 Å². The fraction of sp³-hybridized carbons (Fsp3) is 0.571. The number of fused-ring (bicyclic) bond motifs is 1. The third kappa shape index (κ3) is 0.850. The fourth-order valence-corrected chi connectivity index (χ4v) is 2.22. The second-order valence-electron chi connectivity index (χ2n) is 2.58. The average Bonchev–Trinajstić information content (AvgIpc) is 2.34. The molecule has 0 unspecified atom stereocenters. The summed E-state index contributed by atoms with van der Waals surface area (Å²) in [6.07, 6.45) is 1.20. The molecule has 2 rings (SSSR count). The smallest absolute Gasteiger partial charge is 0.0755 e. The Bertz CT molecular complexity index is 242. The zero-order valence-electron chi connectivity index (χ0n) is 5.98. The number of H-pyrrole nitrogens is 1. The molecule has 1 aromatic heterocycles. The summed E-state index contributed by atoms with van der Waals surface area (Å²) in [7, 11) is 0. The summed E-state index contributed by atoms with van der Waals surface area (Å²) in [6, 6.07) is 0. The van der Waals surface area contributed by atoms with Crippen molar-refractivity contribution in [2.24, 2.45) is 0 Å². The zero-order chi connectivity index (χ0) is 6.97. The van der Waals surface area contributed by atoms with E-state index < -0.39 is 0 Å². The molecule has 2 nitrogen and oxygen atoms in total. The van der Waals surface area contributed by atoms with E-state index in [0.29, 0.717) is 0 Å². The van der Waals surface area contributed by atoms with Crippen LogP contribution in [0.3, 0.4) is 0 Å². The highest BCUT2D eigenvalue weighted by molar-refractivity contribution is 7.98. The molecule has 3 heteroatoms. The molecule has 0 amide bonds. The monoisotopic (exact) mass is 154 g/mol. The Labute approximate surface area is 64.4 Å². The van der Waals surface area contributed by atoms with Gasteiger partial charge in [0.05, 0.1) is 5.69 Å². The first-order valence-electron chi connectivity index (χ1n) is 3.48. The van der Waals surface area contributed by atoms with E-state index in [9.17, 15) is 0 Å². The molecule has 54 valence electrons. The van der Waals surface area contributed by atoms with E-state index in [4.69, 9.17) is 0 Å². The lowest BCUT2D eigenvalue weighted by atomic mass is 10.1. The van der Waals surface area contributed by atoms with Crippen LogP contribution in [0.15, 0.2) is 0 Å². The van der Waals surface area contributed by atoms with Gasteiger partial charge < -0.3 is 0 Å². The van der Waals surface area contributed by atoms with Gasteiger partial charge in [-0.25, -0.2) is 0 Å². The number of rotatable bonds is 0. The van der Waals surface area contributed by atoms with Crippen LogP contribution in [0.4, 0.5) is 0 Å². The van der Waals surface area contributed by atoms with Crippen LogP contribution >= 0.6 is 11.8 Å². The summed E-state index contributed by atoms with van der Waals surface area (Å²) >= 11 is 1.97. The Balaban J connectivity index is 2.45. The molecule has 0 spiro atoms. The Hall–Kier alpha value is -0.440. The zero-order valence-corrected chi connectivity index (χ0v) is 6.79. The number of aromatic amines is 1. The second-order valence-corrected chi connectivity index (χ2v) is 3.68. The standard InChI is InChI=1S/C7H10N2S/c1-5-6-2-3-10-4-7(6)9-8-5/h2-4H2,1H3,(H,8,9). The van der Waals surface area contributed by atoms with Gasteiger partial charge in [-0.3, -0.25) is 5.10 Å². The number of nitrogens with zero attached hydrogens (tertiary/aromatic N) is 1. The second kappa shape index (κ2) is 2.31. The average molecular weight is 154 g/mol. The lowest BCUT2D eigenvalue weighted by Gasteiger charge is -2.08. The molecule has 0 radical (unpaired) electrons. The summed E-state index contributed by atoms with van der Waals surface area (Å²) in [5.41, 5.74) is 3.99. The molecule has 0 bridgehead atoms. The summed E-state index contributed by atoms with van der Waals surface area (Å²) in [6.45, 7) is 2.10. The largest absolute Gasteiger partial charge is 0.282 e. The van der Waals surface area contributed by atoms with Crippen molar-refractivity contribution in [3.05, 3.63) is 17.0 Å². The molecule has 0 atom stereocenters. The molecule has 1 aliphatic rings. The molecule has 0 fully saturated rings. The summed E-state index contributed by atoms with van der Waals surface area (Å²) in [4.78, 5) is 0. The molecular formula is C7H10N2S. The van der Waals surface area contributed by atoms with E-state index in [1.807, 2.05) is 11.8 Å². The van der Waals surface area contributed by atoms with Crippen LogP contribution in [0.2, 0.25) is 0 Å². The lowest BCUT2D eigenvalue weighted by Crippen LogP contribution is -2.00. The first kappa shape index (κ1) is 6.28. The van der Waals surface area contributed by atoms with Gasteiger partial charge in [0, 0.05) is 11.4 Å². The number of aryl methyl sites for hydroxylation is 1. The van der Waals surface area contributed by atoms with Gasteiger partial charge >= 0.3 is 0 Å². The minimum absolute atomic E-state index is 1.10. The van der Waals surface area contributed by atoms with Crippen molar-refractivity contribution in [1.29, 1.82) is 0 Å². The van der Waals surface area contributed by atoms with Crippen molar-refractivity contribution >= 4 is 11.8 Å². The predicted octanol–water partition coefficient (Wildman–Crippen LogP) is 1.51. The van der Waals surface area contributed by atoms with Gasteiger partial charge in [0.15, 0.2) is 0 Å². The van der Waals surface area contributed by atoms with E-state index in [1.54, 1.807) is 0 Å². The van der Waals surface area contributed by atoms with Crippen molar-refractivity contribution < 1.29 is 0 Å². The van der Waals surface area contributed by atoms with E-state index in [1.165, 1.54) is 29.1 Å². The molecule has 1 aromatic rings. The van der Waals surface area contributed by atoms with Gasteiger partial charge in [-0.05, 0) is 24.7 Å². The third-order valence-electron chi connectivity index (χ3n) is 1.89. The van der Waals surface area contributed by atoms with E-state index in [-0.39, 0.29) is 0 Å². The maximum Gasteiger partial charge on any atom is 0.0755 e. The normalized spacial score (nSPS) is 16.9. The van der Waals surface area contributed by atoms with Gasteiger partial charge in [-0.2, -0.15) is 16.9 Å². The number of thioether (sulfide) groups is 1. The highest BCUT2D eigenvalue weighted by Crippen LogP contribution is 2.24. The Kier molecular flexibility index (Phi) is 1.45. The van der Waals surface area contributed by atoms with Crippen molar-refractivity contribution in [1.82, 2.24) is 10.2 Å². The van der Waals surface area contributed by atoms with Gasteiger partial charge in [0.2, 0.25) is 0 Å². The molecular weight excluding hydrogens is 144 g/mol. The molecule has 0 aliphatic carbocycles. The topological polar surface area (TPSA) is 28.7 Å². The van der Waals surface area contributed by atoms with Crippen LogP contribution in [0.1, 0.15) is 17.0 Å². The first-order valence-corrected chi connectivity index (χ1v) is 4.64. The molecule has 0 saturated carbocycles. The Morgan fingerprint density at radius 1 is 1.60 bits per heavy atom. The van der Waals surface area contributed by atoms with Crippen molar-refractivity contribution in [3.63, 3.8) is 0 Å². The number of hydrogen-bond acceptors (Lipinski definition) is 2. The molecule has 1 aliphatic heterocycles. The van der Waals surface area contributed by atoms with E-state index in [2.05, 4.69) is 17.1 Å². The van der Waals surface area contributed by atoms with Crippen LogP contribution in [-0.4, -0.2) is 16.0 Å². The highest BCUT2D eigenvalue weighted by atomic mass is 32.2. The summed E-state index contributed by atoms with van der Waals surface area (Å²) in [5.74, 6) is 2.35. The Morgan fingerprint density at radius 2 is 2.50 bits per heavy atom. The van der Waals surface area contributed by atoms with Crippen molar-refractivity contribution in [3.8, 4) is 0 Å². The summed E-state index contributed by atoms with van der Waals surface area (Å²) in [5, 5.41) is 7.23. The van der Waals surface area contributed by atoms with E-state index >= 15 is 0 Å². The lowest BCUT2D eigenvalue weighted by molar-refractivity contribution is 1.01. The van der Waals surface area contributed by atoms with Crippen LogP contribution in [-0.2, 0) is 12.2 Å². The molecule has 10 heavy (non-hydrogen) atoms. The number of nitrogens with one attached hydrogen (secondary N) is 1. The summed E-state index contributed by atoms with van der Waals surface area (Å²) < 4.78 is 0. The van der Waals surface area contributed by atoms with Gasteiger partial charge in [-0.1, -0.05) is 0 Å². The minimum atomic E-state index is 1.10. The molecule has 1 N–H and O–H groups in total. The van der Waals surface area contributed by atoms with Crippen molar-refractivity contribution in [2.45, 2.75) is 19.1 Å². The fourth-order valence-electron chi connectivity index (χ4n) is 1.30. The van der Waals surface area contributed by atoms with E-state index in [0.717, 1.165) is 5.75 Å². The van der Waals surface area contributed by atoms with Crippen LogP contribution in [0, 0.1) is 6.92 Å². The predicted molar refractivity (Wildman–Crippen MR) is 43.2 cm³/mol. The minimum Gasteiger partial charge on any atom is -0.282 e. The maximum atomic E-state index is 4.21. The van der Waals surface area contributed by atoms with Gasteiger partial charge in [0.1, 0.15) is 0 Å². The quantitative estimate of drug-likeness (QED) is 0.613. The first-order chi connectivity index (χ1) is 4.88. The molecule has 0 aromatic carbocycles. The van der Waals surface area contributed by atoms with Gasteiger partial charge in [-0.15, -0.1) is 0 Å². The van der Waals surface area contributed by atoms with Crippen molar-refractivity contribution in [2.75, 3.05) is 5.75 Å². The van der Waals surface area contributed by atoms with Crippen LogP contribution in [0.25, 0.3) is 0 Å². The third-order valence-corrected chi connectivity index (χ3v) is 2.87. The van der Waals surface area contributed by atoms with Gasteiger partial charge in [0.25, 0.3) is 0 Å². The molecule has 0 saturated heterocycles. The maximum absolute atomic E-state index is 4.21. The molecule has 2 heterocycles. The SMILES string of the molecule is Cc1[nH]nc2c1CCSC2. The number of aromatic nitrogens is 2.